The standard InChI is InChI=1S/C10H11ClO2/c11-7-2-1-3-8(6-7)13-10-5-4-9(10)12/h1-3,6,9-10,12H,4-5H2/t9-,10-/m1/s1. The van der Waals surface area contributed by atoms with Gasteiger partial charge in [-0.25, -0.2) is 0 Å². The first kappa shape index (κ1) is 8.85. The van der Waals surface area contributed by atoms with E-state index in [1.54, 1.807) is 12.1 Å². The molecule has 1 aromatic rings. The molecular weight excluding hydrogens is 188 g/mol. The molecule has 1 aromatic carbocycles. The monoisotopic (exact) mass is 198 g/mol. The minimum Gasteiger partial charge on any atom is -0.488 e. The summed E-state index contributed by atoms with van der Waals surface area (Å²) in [6.07, 6.45) is 1.41. The summed E-state index contributed by atoms with van der Waals surface area (Å²) in [5, 5.41) is 9.94. The van der Waals surface area contributed by atoms with Crippen LogP contribution in [0.3, 0.4) is 0 Å². The van der Waals surface area contributed by atoms with Gasteiger partial charge in [-0.05, 0) is 31.0 Å². The molecular formula is C10H11ClO2. The molecule has 1 N–H and O–H groups in total. The molecule has 0 aliphatic heterocycles. The summed E-state index contributed by atoms with van der Waals surface area (Å²) < 4.78 is 5.51. The van der Waals surface area contributed by atoms with Crippen molar-refractivity contribution in [2.75, 3.05) is 0 Å². The predicted octanol–water partition coefficient (Wildman–Crippen LogP) is 2.24. The summed E-state index contributed by atoms with van der Waals surface area (Å²) in [5.41, 5.74) is 0. The first-order chi connectivity index (χ1) is 6.25. The molecule has 0 radical (unpaired) electrons. The summed E-state index contributed by atoms with van der Waals surface area (Å²) in [6, 6.07) is 7.23. The largest absolute Gasteiger partial charge is 0.488 e. The predicted molar refractivity (Wildman–Crippen MR) is 51.1 cm³/mol. The van der Waals surface area contributed by atoms with Crippen LogP contribution in [-0.2, 0) is 0 Å². The fourth-order valence-corrected chi connectivity index (χ4v) is 1.48. The second-order valence-electron chi connectivity index (χ2n) is 3.26. The molecule has 13 heavy (non-hydrogen) atoms. The number of benzene rings is 1. The summed E-state index contributed by atoms with van der Waals surface area (Å²) in [7, 11) is 0. The van der Waals surface area contributed by atoms with Crippen LogP contribution in [-0.4, -0.2) is 17.3 Å². The summed E-state index contributed by atoms with van der Waals surface area (Å²) in [5.74, 6) is 0.733. The number of halogens is 1. The molecule has 3 heteroatoms. The third kappa shape index (κ3) is 1.95. The zero-order valence-corrected chi connectivity index (χ0v) is 7.87. The molecule has 0 heterocycles. The maximum absolute atomic E-state index is 9.28. The first-order valence-electron chi connectivity index (χ1n) is 4.36. The Hall–Kier alpha value is -0.730. The normalized spacial score (nSPS) is 26.6. The summed E-state index contributed by atoms with van der Waals surface area (Å²) in [6.45, 7) is 0. The van der Waals surface area contributed by atoms with Gasteiger partial charge in [-0.2, -0.15) is 0 Å². The van der Waals surface area contributed by atoms with Crippen molar-refractivity contribution in [1.82, 2.24) is 0 Å². The molecule has 1 fully saturated rings. The lowest BCUT2D eigenvalue weighted by Gasteiger charge is -2.32. The van der Waals surface area contributed by atoms with Crippen LogP contribution >= 0.6 is 11.6 Å². The van der Waals surface area contributed by atoms with Crippen molar-refractivity contribution in [3.63, 3.8) is 0 Å². The van der Waals surface area contributed by atoms with E-state index in [-0.39, 0.29) is 12.2 Å². The van der Waals surface area contributed by atoms with Crippen LogP contribution in [0.5, 0.6) is 5.75 Å². The summed E-state index contributed by atoms with van der Waals surface area (Å²) >= 11 is 5.78. The van der Waals surface area contributed by atoms with Crippen LogP contribution in [0.2, 0.25) is 5.02 Å². The van der Waals surface area contributed by atoms with Crippen molar-refractivity contribution in [2.24, 2.45) is 0 Å². The molecule has 0 unspecified atom stereocenters. The third-order valence-electron chi connectivity index (χ3n) is 2.26. The van der Waals surface area contributed by atoms with Crippen molar-refractivity contribution in [3.8, 4) is 5.75 Å². The van der Waals surface area contributed by atoms with E-state index in [2.05, 4.69) is 0 Å². The van der Waals surface area contributed by atoms with Crippen molar-refractivity contribution >= 4 is 11.6 Å². The Labute approximate surface area is 82.1 Å². The van der Waals surface area contributed by atoms with Crippen LogP contribution in [0.15, 0.2) is 24.3 Å². The smallest absolute Gasteiger partial charge is 0.125 e. The van der Waals surface area contributed by atoms with Crippen LogP contribution in [0.25, 0.3) is 0 Å². The fourth-order valence-electron chi connectivity index (χ4n) is 1.30. The van der Waals surface area contributed by atoms with Gasteiger partial charge in [-0.15, -0.1) is 0 Å². The van der Waals surface area contributed by atoms with Gasteiger partial charge in [0.05, 0.1) is 6.10 Å². The number of aliphatic hydroxyl groups excluding tert-OH is 1. The van der Waals surface area contributed by atoms with Crippen molar-refractivity contribution in [1.29, 1.82) is 0 Å². The number of ether oxygens (including phenoxy) is 1. The molecule has 70 valence electrons. The second kappa shape index (κ2) is 3.56. The van der Waals surface area contributed by atoms with Gasteiger partial charge in [0.2, 0.25) is 0 Å². The van der Waals surface area contributed by atoms with E-state index in [0.29, 0.717) is 5.02 Å². The van der Waals surface area contributed by atoms with Gasteiger partial charge in [0, 0.05) is 5.02 Å². The highest BCUT2D eigenvalue weighted by Crippen LogP contribution is 2.26. The highest BCUT2D eigenvalue weighted by molar-refractivity contribution is 6.30. The Kier molecular flexibility index (Phi) is 2.42. The van der Waals surface area contributed by atoms with Crippen molar-refractivity contribution < 1.29 is 9.84 Å². The lowest BCUT2D eigenvalue weighted by Crippen LogP contribution is -2.41. The SMILES string of the molecule is O[C@@H]1CC[C@H]1Oc1cccc(Cl)c1. The van der Waals surface area contributed by atoms with Gasteiger partial charge in [0.25, 0.3) is 0 Å². The van der Waals surface area contributed by atoms with Gasteiger partial charge in [0.15, 0.2) is 0 Å². The van der Waals surface area contributed by atoms with Crippen molar-refractivity contribution in [2.45, 2.75) is 25.0 Å². The highest BCUT2D eigenvalue weighted by atomic mass is 35.5. The van der Waals surface area contributed by atoms with Gasteiger partial charge >= 0.3 is 0 Å². The lowest BCUT2D eigenvalue weighted by molar-refractivity contribution is -0.0361. The van der Waals surface area contributed by atoms with Crippen LogP contribution in [0.1, 0.15) is 12.8 Å². The van der Waals surface area contributed by atoms with Crippen LogP contribution in [0, 0.1) is 0 Å². The van der Waals surface area contributed by atoms with Crippen molar-refractivity contribution in [3.05, 3.63) is 29.3 Å². The molecule has 0 aromatic heterocycles. The minimum atomic E-state index is -0.306. The highest BCUT2D eigenvalue weighted by Gasteiger charge is 2.30. The molecule has 0 amide bonds. The molecule has 1 saturated carbocycles. The minimum absolute atomic E-state index is 0.0431. The van der Waals surface area contributed by atoms with E-state index in [9.17, 15) is 5.11 Å². The Morgan fingerprint density at radius 1 is 1.38 bits per heavy atom. The Bertz CT molecular complexity index is 301. The molecule has 1 aliphatic rings. The maximum Gasteiger partial charge on any atom is 0.125 e. The van der Waals surface area contributed by atoms with Gasteiger partial charge in [-0.3, -0.25) is 0 Å². The Morgan fingerprint density at radius 3 is 2.77 bits per heavy atom. The number of aliphatic hydroxyl groups is 1. The van der Waals surface area contributed by atoms with E-state index in [4.69, 9.17) is 16.3 Å². The number of rotatable bonds is 2. The Morgan fingerprint density at radius 2 is 2.23 bits per heavy atom. The second-order valence-corrected chi connectivity index (χ2v) is 3.69. The average Bonchev–Trinajstić information content (AvgIpc) is 2.12. The molecule has 0 saturated heterocycles. The van der Waals surface area contributed by atoms with Gasteiger partial charge < -0.3 is 9.84 Å². The number of hydrogen-bond acceptors (Lipinski definition) is 2. The van der Waals surface area contributed by atoms with E-state index in [1.165, 1.54) is 0 Å². The molecule has 0 spiro atoms. The van der Waals surface area contributed by atoms with E-state index in [1.807, 2.05) is 12.1 Å². The zero-order chi connectivity index (χ0) is 9.26. The summed E-state index contributed by atoms with van der Waals surface area (Å²) in [4.78, 5) is 0. The van der Waals surface area contributed by atoms with Crippen LogP contribution in [0.4, 0.5) is 0 Å². The van der Waals surface area contributed by atoms with Gasteiger partial charge in [-0.1, -0.05) is 17.7 Å². The third-order valence-corrected chi connectivity index (χ3v) is 2.49. The quantitative estimate of drug-likeness (QED) is 0.790. The zero-order valence-electron chi connectivity index (χ0n) is 7.11. The molecule has 2 rings (SSSR count). The average molecular weight is 199 g/mol. The topological polar surface area (TPSA) is 29.5 Å². The molecule has 2 nitrogen and oxygen atoms in total. The molecule has 0 bridgehead atoms. The van der Waals surface area contributed by atoms with E-state index in [0.717, 1.165) is 18.6 Å². The molecule has 1 aliphatic carbocycles. The maximum atomic E-state index is 9.28. The lowest BCUT2D eigenvalue weighted by atomic mass is 9.92. The van der Waals surface area contributed by atoms with E-state index >= 15 is 0 Å². The molecule has 2 atom stereocenters. The fraction of sp³-hybridized carbons (Fsp3) is 0.400. The first-order valence-corrected chi connectivity index (χ1v) is 4.74. The Balaban J connectivity index is 2.01. The van der Waals surface area contributed by atoms with Gasteiger partial charge in [0.1, 0.15) is 11.9 Å². The van der Waals surface area contributed by atoms with E-state index < -0.39 is 0 Å². The number of hydrogen-bond donors (Lipinski definition) is 1. The van der Waals surface area contributed by atoms with Crippen LogP contribution < -0.4 is 4.74 Å².